The van der Waals surface area contributed by atoms with E-state index in [-0.39, 0.29) is 0 Å². The first-order chi connectivity index (χ1) is 21.7. The van der Waals surface area contributed by atoms with Crippen molar-refractivity contribution in [1.29, 1.82) is 0 Å². The van der Waals surface area contributed by atoms with Crippen molar-refractivity contribution in [3.63, 3.8) is 0 Å². The van der Waals surface area contributed by atoms with Gasteiger partial charge in [0.2, 0.25) is 0 Å². The van der Waals surface area contributed by atoms with E-state index in [0.717, 1.165) is 32.2 Å². The van der Waals surface area contributed by atoms with Crippen molar-refractivity contribution < 1.29 is 32.6 Å². The Kier molecular flexibility index (Phi) is 9.56. The molecule has 0 aromatic heterocycles. The fourth-order valence-corrected chi connectivity index (χ4v) is 11.0. The minimum absolute atomic E-state index is 0.425. The molecule has 0 saturated heterocycles. The molecule has 0 aliphatic heterocycles. The number of hydrogen-bond donors (Lipinski definition) is 2. The van der Waals surface area contributed by atoms with Crippen molar-refractivity contribution in [1.82, 2.24) is 0 Å². The Balaban J connectivity index is 0.000000159. The minimum Gasteiger partial charge on any atom is -0.511 e. The van der Waals surface area contributed by atoms with Crippen molar-refractivity contribution in [2.45, 2.75) is 68.9 Å². The van der Waals surface area contributed by atoms with E-state index in [0.29, 0.717) is 22.8 Å². The van der Waals surface area contributed by atoms with E-state index in [9.17, 15) is 13.2 Å². The Morgan fingerprint density at radius 1 is 0.689 bits per heavy atom. The number of benzene rings is 5. The fraction of sp³-hybridized carbons (Fsp3) is 0.333. The van der Waals surface area contributed by atoms with Gasteiger partial charge in [-0.1, -0.05) is 88.2 Å². The summed E-state index contributed by atoms with van der Waals surface area (Å²) in [5.41, 5.74) is 0.725. The zero-order chi connectivity index (χ0) is 31.6. The van der Waals surface area contributed by atoms with E-state index < -0.39 is 27.0 Å². The lowest BCUT2D eigenvalue weighted by Gasteiger charge is -2.31. The van der Waals surface area contributed by atoms with Crippen LogP contribution in [0, 0.1) is 0 Å². The Morgan fingerprint density at radius 2 is 1.29 bits per heavy atom. The van der Waals surface area contributed by atoms with Crippen molar-refractivity contribution in [3.8, 4) is 11.5 Å². The number of halogens is 3. The third-order valence-electron chi connectivity index (χ3n) is 9.14. The summed E-state index contributed by atoms with van der Waals surface area (Å²) in [5, 5.41) is 25.7. The minimum atomic E-state index is -4.31. The van der Waals surface area contributed by atoms with Gasteiger partial charge in [0.25, 0.3) is 0 Å². The van der Waals surface area contributed by atoms with E-state index >= 15 is 0 Å². The van der Waals surface area contributed by atoms with Crippen LogP contribution in [0.4, 0.5) is 13.2 Å². The molecule has 0 bridgehead atoms. The first-order valence-electron chi connectivity index (χ1n) is 15.6. The molecule has 0 heterocycles. The summed E-state index contributed by atoms with van der Waals surface area (Å²) in [6, 6.07) is 26.3. The van der Waals surface area contributed by atoms with Crippen molar-refractivity contribution in [3.05, 3.63) is 90.5 Å². The second-order valence-corrected chi connectivity index (χ2v) is 14.7. The fourth-order valence-electron chi connectivity index (χ4n) is 7.10. The van der Waals surface area contributed by atoms with Gasteiger partial charge < -0.3 is 19.4 Å². The summed E-state index contributed by atoms with van der Waals surface area (Å²) in [7, 11) is -0.762. The zero-order valence-corrected chi connectivity index (χ0v) is 26.2. The van der Waals surface area contributed by atoms with Gasteiger partial charge in [0.05, 0.1) is 12.7 Å². The van der Waals surface area contributed by atoms with Crippen LogP contribution in [-0.4, -0.2) is 35.8 Å². The SMILES string of the molecule is COc1cc(C(F)(F)F)ccc1P(C1CCCC1)C1CCCC1.OB(O)Oc1cccc2ccc3cc4ccccc4cc3c12. The molecule has 2 saturated carbocycles. The van der Waals surface area contributed by atoms with E-state index in [1.54, 1.807) is 12.1 Å². The average molecular weight is 632 g/mol. The molecular formula is C36H37BF3O4P. The van der Waals surface area contributed by atoms with Gasteiger partial charge in [0, 0.05) is 10.7 Å². The van der Waals surface area contributed by atoms with Crippen LogP contribution in [0.3, 0.4) is 0 Å². The largest absolute Gasteiger partial charge is 0.707 e. The summed E-state index contributed by atoms with van der Waals surface area (Å²) in [6.07, 6.45) is 5.66. The molecule has 0 spiro atoms. The molecule has 0 amide bonds. The summed E-state index contributed by atoms with van der Waals surface area (Å²) in [6.45, 7) is 0. The molecule has 5 aromatic rings. The highest BCUT2D eigenvalue weighted by atomic mass is 31.1. The molecule has 234 valence electrons. The Bertz CT molecular complexity index is 1770. The monoisotopic (exact) mass is 632 g/mol. The Hall–Kier alpha value is -3.32. The number of ether oxygens (including phenoxy) is 1. The Labute approximate surface area is 263 Å². The van der Waals surface area contributed by atoms with Crippen LogP contribution in [0.5, 0.6) is 11.5 Å². The highest BCUT2D eigenvalue weighted by Crippen LogP contribution is 2.57. The van der Waals surface area contributed by atoms with Crippen LogP contribution < -0.4 is 14.7 Å². The van der Waals surface area contributed by atoms with Gasteiger partial charge in [0.15, 0.2) is 0 Å². The zero-order valence-electron chi connectivity index (χ0n) is 25.3. The number of hydrogen-bond acceptors (Lipinski definition) is 4. The lowest BCUT2D eigenvalue weighted by molar-refractivity contribution is -0.137. The topological polar surface area (TPSA) is 58.9 Å². The maximum atomic E-state index is 13.0. The molecule has 2 aliphatic rings. The van der Waals surface area contributed by atoms with E-state index in [2.05, 4.69) is 30.3 Å². The summed E-state index contributed by atoms with van der Waals surface area (Å²) < 4.78 is 49.5. The highest BCUT2D eigenvalue weighted by molar-refractivity contribution is 7.67. The molecular weight excluding hydrogens is 595 g/mol. The van der Waals surface area contributed by atoms with Crippen molar-refractivity contribution in [2.75, 3.05) is 7.11 Å². The third-order valence-corrected chi connectivity index (χ3v) is 12.7. The van der Waals surface area contributed by atoms with Gasteiger partial charge in [-0.25, -0.2) is 0 Å². The van der Waals surface area contributed by atoms with Crippen LogP contribution in [0.15, 0.2) is 84.9 Å². The number of fused-ring (bicyclic) bond motifs is 4. The van der Waals surface area contributed by atoms with Crippen LogP contribution in [-0.2, 0) is 6.18 Å². The van der Waals surface area contributed by atoms with E-state index in [1.807, 2.05) is 30.3 Å². The van der Waals surface area contributed by atoms with E-state index in [1.165, 1.54) is 76.0 Å². The molecule has 2 fully saturated rings. The van der Waals surface area contributed by atoms with Gasteiger partial charge in [-0.3, -0.25) is 0 Å². The molecule has 0 atom stereocenters. The van der Waals surface area contributed by atoms with Gasteiger partial charge >= 0.3 is 13.5 Å². The van der Waals surface area contributed by atoms with Crippen molar-refractivity contribution in [2.24, 2.45) is 0 Å². The molecule has 45 heavy (non-hydrogen) atoms. The van der Waals surface area contributed by atoms with Crippen molar-refractivity contribution >= 4 is 52.9 Å². The molecule has 0 unspecified atom stereocenters. The Morgan fingerprint density at radius 3 is 1.89 bits per heavy atom. The molecule has 5 aromatic carbocycles. The molecule has 2 N–H and O–H groups in total. The second-order valence-electron chi connectivity index (χ2n) is 12.0. The maximum Gasteiger partial charge on any atom is 0.707 e. The first-order valence-corrected chi connectivity index (χ1v) is 17.1. The number of rotatable bonds is 6. The van der Waals surface area contributed by atoms with Crippen LogP contribution >= 0.6 is 7.92 Å². The maximum absolute atomic E-state index is 13.0. The van der Waals surface area contributed by atoms with E-state index in [4.69, 9.17) is 19.4 Å². The molecule has 2 aliphatic carbocycles. The highest BCUT2D eigenvalue weighted by Gasteiger charge is 2.37. The van der Waals surface area contributed by atoms with Crippen LogP contribution in [0.2, 0.25) is 0 Å². The van der Waals surface area contributed by atoms with Gasteiger partial charge in [-0.05, 0) is 94.3 Å². The smallest absolute Gasteiger partial charge is 0.511 e. The van der Waals surface area contributed by atoms with Crippen LogP contribution in [0.25, 0.3) is 32.3 Å². The number of alkyl halides is 3. The molecule has 9 heteroatoms. The third kappa shape index (κ3) is 6.94. The predicted octanol–water partition coefficient (Wildman–Crippen LogP) is 9.20. The summed E-state index contributed by atoms with van der Waals surface area (Å²) in [4.78, 5) is 0. The lowest BCUT2D eigenvalue weighted by atomic mass is 9.97. The van der Waals surface area contributed by atoms with Gasteiger partial charge in [-0.2, -0.15) is 13.2 Å². The molecule has 0 radical (unpaired) electrons. The van der Waals surface area contributed by atoms with Crippen LogP contribution in [0.1, 0.15) is 56.9 Å². The number of methoxy groups -OCH3 is 1. The average Bonchev–Trinajstić information content (AvgIpc) is 3.76. The first kappa shape index (κ1) is 31.7. The standard InChI is InChI=1S/C18H13BO3.C18H24F3OP/c20-19(21)22-17-7-3-6-12-8-9-15-10-13-4-1-2-5-14(13)11-16(15)18(12)17;1-22-16-12-13(18(19,20)21)10-11-17(16)23(14-6-2-3-7-14)15-8-4-5-9-15/h1-11,20-21H;10-12,14-15H,2-9H2,1H3. The second kappa shape index (κ2) is 13.6. The summed E-state index contributed by atoms with van der Waals surface area (Å²) in [5.74, 6) is 0.915. The van der Waals surface area contributed by atoms with Gasteiger partial charge in [0.1, 0.15) is 11.5 Å². The summed E-state index contributed by atoms with van der Waals surface area (Å²) >= 11 is 0. The predicted molar refractivity (Wildman–Crippen MR) is 179 cm³/mol. The van der Waals surface area contributed by atoms with Gasteiger partial charge in [-0.15, -0.1) is 0 Å². The molecule has 7 rings (SSSR count). The normalized spacial score (nSPS) is 16.0. The quantitative estimate of drug-likeness (QED) is 0.0849. The lowest BCUT2D eigenvalue weighted by Crippen LogP contribution is -2.21. The molecule has 4 nitrogen and oxygen atoms in total.